The summed E-state index contributed by atoms with van der Waals surface area (Å²) in [6.45, 7) is 3.32. The highest BCUT2D eigenvalue weighted by molar-refractivity contribution is 7.89. The van der Waals surface area contributed by atoms with Gasteiger partial charge < -0.3 is 5.43 Å². The van der Waals surface area contributed by atoms with Gasteiger partial charge in [-0.25, -0.2) is 8.42 Å². The number of pyridine rings is 1. The molecule has 1 aliphatic rings. The number of nitrogens with two attached hydrogens (primary N) is 1. The minimum atomic E-state index is -3.54. The maximum absolute atomic E-state index is 12.8. The van der Waals surface area contributed by atoms with Crippen LogP contribution in [0, 0.1) is 5.92 Å². The van der Waals surface area contributed by atoms with E-state index in [0.29, 0.717) is 24.7 Å². The summed E-state index contributed by atoms with van der Waals surface area (Å²) in [7, 11) is -3.54. The van der Waals surface area contributed by atoms with Crippen LogP contribution in [0.5, 0.6) is 0 Å². The number of hydrogen-bond acceptors (Lipinski definition) is 5. The van der Waals surface area contributed by atoms with Crippen LogP contribution in [-0.4, -0.2) is 30.8 Å². The Morgan fingerprint density at radius 2 is 2.24 bits per heavy atom. The van der Waals surface area contributed by atoms with Crippen molar-refractivity contribution in [2.75, 3.05) is 18.5 Å². The van der Waals surface area contributed by atoms with Gasteiger partial charge in [0.05, 0.1) is 5.69 Å². The highest BCUT2D eigenvalue weighted by atomic mass is 32.2. The van der Waals surface area contributed by atoms with Gasteiger partial charge in [0.2, 0.25) is 10.0 Å². The van der Waals surface area contributed by atoms with Crippen molar-refractivity contribution < 1.29 is 8.42 Å². The number of anilines is 1. The van der Waals surface area contributed by atoms with Crippen molar-refractivity contribution in [1.82, 2.24) is 9.29 Å². The SMILES string of the molecule is CCCC1CCCN(S(=O)(=O)c2cnccc2NN)CC1. The third-order valence-corrected chi connectivity index (χ3v) is 5.99. The van der Waals surface area contributed by atoms with Crippen molar-refractivity contribution in [1.29, 1.82) is 0 Å². The van der Waals surface area contributed by atoms with Crippen LogP contribution < -0.4 is 11.3 Å². The lowest BCUT2D eigenvalue weighted by molar-refractivity contribution is 0.400. The van der Waals surface area contributed by atoms with Crippen molar-refractivity contribution >= 4 is 15.7 Å². The molecular formula is C14H24N4O2S. The molecule has 0 aromatic carbocycles. The Hall–Kier alpha value is -1.18. The average Bonchev–Trinajstić information content (AvgIpc) is 2.74. The van der Waals surface area contributed by atoms with E-state index in [1.54, 1.807) is 10.4 Å². The van der Waals surface area contributed by atoms with Gasteiger partial charge in [0.25, 0.3) is 0 Å². The lowest BCUT2D eigenvalue weighted by atomic mass is 9.96. The molecule has 1 fully saturated rings. The first-order valence-corrected chi connectivity index (χ1v) is 8.94. The molecule has 0 spiro atoms. The second-order valence-corrected chi connectivity index (χ2v) is 7.41. The number of nitrogens with zero attached hydrogens (tertiary/aromatic N) is 2. The van der Waals surface area contributed by atoms with Crippen LogP contribution in [-0.2, 0) is 10.0 Å². The third kappa shape index (κ3) is 3.72. The molecule has 1 aromatic heterocycles. The van der Waals surface area contributed by atoms with Crippen molar-refractivity contribution in [2.45, 2.75) is 43.9 Å². The summed E-state index contributed by atoms with van der Waals surface area (Å²) in [6, 6.07) is 1.57. The molecule has 1 aliphatic heterocycles. The molecule has 0 radical (unpaired) electrons. The summed E-state index contributed by atoms with van der Waals surface area (Å²) in [4.78, 5) is 4.07. The number of rotatable bonds is 5. The molecule has 0 saturated carbocycles. The average molecular weight is 312 g/mol. The number of nitrogens with one attached hydrogen (secondary N) is 1. The molecule has 2 rings (SSSR count). The normalized spacial score (nSPS) is 21.0. The van der Waals surface area contributed by atoms with Gasteiger partial charge in [-0.3, -0.25) is 10.8 Å². The highest BCUT2D eigenvalue weighted by Crippen LogP contribution is 2.28. The van der Waals surface area contributed by atoms with Gasteiger partial charge in [0.1, 0.15) is 4.90 Å². The summed E-state index contributed by atoms with van der Waals surface area (Å²) in [5.41, 5.74) is 2.83. The summed E-state index contributed by atoms with van der Waals surface area (Å²) in [5, 5.41) is 0. The molecule has 118 valence electrons. The summed E-state index contributed by atoms with van der Waals surface area (Å²) >= 11 is 0. The van der Waals surface area contributed by atoms with E-state index in [9.17, 15) is 8.42 Å². The van der Waals surface area contributed by atoms with Crippen LogP contribution in [0.25, 0.3) is 0 Å². The minimum absolute atomic E-state index is 0.154. The fraction of sp³-hybridized carbons (Fsp3) is 0.643. The first-order chi connectivity index (χ1) is 10.1. The van der Waals surface area contributed by atoms with Crippen LogP contribution in [0.15, 0.2) is 23.4 Å². The zero-order chi connectivity index (χ0) is 15.3. The van der Waals surface area contributed by atoms with Crippen LogP contribution in [0.3, 0.4) is 0 Å². The van der Waals surface area contributed by atoms with Gasteiger partial charge in [-0.05, 0) is 31.2 Å². The topological polar surface area (TPSA) is 88.3 Å². The van der Waals surface area contributed by atoms with Gasteiger partial charge in [-0.15, -0.1) is 0 Å². The summed E-state index contributed by atoms with van der Waals surface area (Å²) in [5.74, 6) is 6.04. The Morgan fingerprint density at radius 3 is 2.95 bits per heavy atom. The Labute approximate surface area is 126 Å². The lowest BCUT2D eigenvalue weighted by Crippen LogP contribution is -2.33. The first-order valence-electron chi connectivity index (χ1n) is 7.50. The molecule has 21 heavy (non-hydrogen) atoms. The van der Waals surface area contributed by atoms with E-state index in [4.69, 9.17) is 5.84 Å². The van der Waals surface area contributed by atoms with Crippen LogP contribution in [0.2, 0.25) is 0 Å². The molecule has 0 bridgehead atoms. The predicted molar refractivity (Wildman–Crippen MR) is 83.1 cm³/mol. The number of hydrogen-bond donors (Lipinski definition) is 2. The van der Waals surface area contributed by atoms with E-state index in [-0.39, 0.29) is 4.90 Å². The molecular weight excluding hydrogens is 288 g/mol. The van der Waals surface area contributed by atoms with Crippen LogP contribution >= 0.6 is 0 Å². The first kappa shape index (κ1) is 16.2. The van der Waals surface area contributed by atoms with Gasteiger partial charge >= 0.3 is 0 Å². The van der Waals surface area contributed by atoms with Gasteiger partial charge in [0, 0.05) is 25.5 Å². The number of nitrogen functional groups attached to an aromatic ring is 1. The molecule has 1 saturated heterocycles. The Bertz CT molecular complexity index is 562. The van der Waals surface area contributed by atoms with Crippen LogP contribution in [0.1, 0.15) is 39.0 Å². The Kier molecular flexibility index (Phi) is 5.55. The smallest absolute Gasteiger partial charge is 0.246 e. The summed E-state index contributed by atoms with van der Waals surface area (Å²) in [6.07, 6.45) is 8.16. The van der Waals surface area contributed by atoms with Crippen LogP contribution in [0.4, 0.5) is 5.69 Å². The molecule has 1 atom stereocenters. The third-order valence-electron chi connectivity index (χ3n) is 4.06. The Morgan fingerprint density at radius 1 is 1.43 bits per heavy atom. The molecule has 6 nitrogen and oxygen atoms in total. The minimum Gasteiger partial charge on any atom is -0.323 e. The number of aromatic nitrogens is 1. The second-order valence-electron chi connectivity index (χ2n) is 5.51. The quantitative estimate of drug-likeness (QED) is 0.641. The van der Waals surface area contributed by atoms with Crippen molar-refractivity contribution in [3.05, 3.63) is 18.5 Å². The van der Waals surface area contributed by atoms with E-state index >= 15 is 0 Å². The largest absolute Gasteiger partial charge is 0.323 e. The van der Waals surface area contributed by atoms with Gasteiger partial charge in [0.15, 0.2) is 0 Å². The van der Waals surface area contributed by atoms with E-state index in [1.807, 2.05) is 0 Å². The van der Waals surface area contributed by atoms with E-state index in [0.717, 1.165) is 25.7 Å². The fourth-order valence-corrected chi connectivity index (χ4v) is 4.51. The van der Waals surface area contributed by atoms with E-state index in [1.165, 1.54) is 18.8 Å². The van der Waals surface area contributed by atoms with E-state index in [2.05, 4.69) is 17.3 Å². The molecule has 7 heteroatoms. The van der Waals surface area contributed by atoms with Gasteiger partial charge in [-0.2, -0.15) is 4.31 Å². The zero-order valence-corrected chi connectivity index (χ0v) is 13.3. The highest BCUT2D eigenvalue weighted by Gasteiger charge is 2.29. The molecule has 1 unspecified atom stereocenters. The molecule has 2 heterocycles. The van der Waals surface area contributed by atoms with Gasteiger partial charge in [-0.1, -0.05) is 19.8 Å². The number of sulfonamides is 1. The zero-order valence-electron chi connectivity index (χ0n) is 12.5. The maximum atomic E-state index is 12.8. The number of hydrazine groups is 1. The fourth-order valence-electron chi connectivity index (χ4n) is 2.92. The van der Waals surface area contributed by atoms with E-state index < -0.39 is 10.0 Å². The van der Waals surface area contributed by atoms with Crippen molar-refractivity contribution in [3.8, 4) is 0 Å². The standard InChI is InChI=1S/C14H24N4O2S/c1-2-4-12-5-3-9-18(10-7-12)21(19,20)14-11-16-8-6-13(14)17-15/h6,8,11-12H,2-5,7,9-10,15H2,1H3,(H,16,17). The van der Waals surface area contributed by atoms with Crippen molar-refractivity contribution in [3.63, 3.8) is 0 Å². The molecule has 3 N–H and O–H groups in total. The maximum Gasteiger partial charge on any atom is 0.246 e. The second kappa shape index (κ2) is 7.20. The predicted octanol–water partition coefficient (Wildman–Crippen LogP) is 1.96. The summed E-state index contributed by atoms with van der Waals surface area (Å²) < 4.78 is 27.1. The molecule has 0 aliphatic carbocycles. The molecule has 0 amide bonds. The van der Waals surface area contributed by atoms with Crippen molar-refractivity contribution in [2.24, 2.45) is 11.8 Å². The lowest BCUT2D eigenvalue weighted by Gasteiger charge is -2.21. The Balaban J connectivity index is 2.19. The molecule has 1 aromatic rings. The monoisotopic (exact) mass is 312 g/mol.